The minimum absolute atomic E-state index is 0.177. The maximum atomic E-state index is 15.2. The van der Waals surface area contributed by atoms with E-state index in [4.69, 9.17) is 0 Å². The average molecular weight is 699 g/mol. The summed E-state index contributed by atoms with van der Waals surface area (Å²) in [7, 11) is 0. The standard InChI is InChI=1S/C19H11Cl4F16N/c20-16(32,33)12(24,25)8(6-40-7-4-2-1-3-5-7)11(15(30,31)19(23,38)39)9(13(26,27)17(21,34)35)10(11)14(28,29)18(22,36)37/h7H,1-5H2. The summed E-state index contributed by atoms with van der Waals surface area (Å²) in [6.07, 6.45) is 0.392. The molecule has 1 fully saturated rings. The molecule has 0 radical (unpaired) electrons. The monoisotopic (exact) mass is 697 g/mol. The molecule has 0 aromatic rings. The van der Waals surface area contributed by atoms with Gasteiger partial charge in [-0.25, -0.2) is 4.99 Å². The van der Waals surface area contributed by atoms with Crippen molar-refractivity contribution in [2.24, 2.45) is 10.4 Å². The Bertz CT molecular complexity index is 1050. The van der Waals surface area contributed by atoms with Crippen molar-refractivity contribution in [3.8, 4) is 0 Å². The number of allylic oxidation sites excluding steroid dienone is 3. The highest BCUT2D eigenvalue weighted by Crippen LogP contribution is 2.80. The molecule has 0 aromatic carbocycles. The smallest absolute Gasteiger partial charge is 0.240 e. The third-order valence-corrected chi connectivity index (χ3v) is 7.03. The molecule has 0 atom stereocenters. The highest BCUT2D eigenvalue weighted by molar-refractivity contribution is 6.24. The molecule has 2 aliphatic carbocycles. The van der Waals surface area contributed by atoms with Gasteiger partial charge in [0.25, 0.3) is 0 Å². The molecule has 21 heteroatoms. The predicted octanol–water partition coefficient (Wildman–Crippen LogP) is 10.1. The van der Waals surface area contributed by atoms with Gasteiger partial charge >= 0.3 is 45.2 Å². The molecule has 2 rings (SSSR count). The molecule has 0 N–H and O–H groups in total. The van der Waals surface area contributed by atoms with E-state index in [0.717, 1.165) is 0 Å². The molecular formula is C19H11Cl4F16N. The molecule has 1 saturated carbocycles. The molecular weight excluding hydrogens is 688 g/mol. The number of alkyl halides is 20. The Balaban J connectivity index is 3.25. The second kappa shape index (κ2) is 10.2. The summed E-state index contributed by atoms with van der Waals surface area (Å²) in [6, 6.07) is -1.40. The molecule has 2 aliphatic rings. The number of hydrogen-bond acceptors (Lipinski definition) is 1. The first-order chi connectivity index (χ1) is 17.4. The molecule has 232 valence electrons. The predicted molar refractivity (Wildman–Crippen MR) is 110 cm³/mol. The summed E-state index contributed by atoms with van der Waals surface area (Å²) < 4.78 is 228. The van der Waals surface area contributed by atoms with Crippen LogP contribution in [-0.2, 0) is 0 Å². The third kappa shape index (κ3) is 5.39. The zero-order valence-electron chi connectivity index (χ0n) is 18.6. The number of hydrogen-bond donors (Lipinski definition) is 0. The van der Waals surface area contributed by atoms with Crippen LogP contribution < -0.4 is 0 Å². The van der Waals surface area contributed by atoms with Crippen molar-refractivity contribution < 1.29 is 70.2 Å². The second-order valence-corrected chi connectivity index (χ2v) is 10.6. The van der Waals surface area contributed by atoms with Gasteiger partial charge in [0, 0.05) is 11.1 Å². The lowest BCUT2D eigenvalue weighted by Gasteiger charge is -2.39. The van der Waals surface area contributed by atoms with Crippen LogP contribution in [0.5, 0.6) is 0 Å². The van der Waals surface area contributed by atoms with Crippen LogP contribution in [0, 0.1) is 5.41 Å². The van der Waals surface area contributed by atoms with Crippen LogP contribution in [-0.4, -0.2) is 57.1 Å². The van der Waals surface area contributed by atoms with Crippen molar-refractivity contribution in [2.45, 2.75) is 83.4 Å². The molecule has 0 spiro atoms. The van der Waals surface area contributed by atoms with Crippen molar-refractivity contribution in [1.82, 2.24) is 0 Å². The largest absolute Gasteiger partial charge is 0.388 e. The Hall–Kier alpha value is -0.770. The molecule has 0 amide bonds. The minimum atomic E-state index is -7.24. The fraction of sp³-hybridized carbons (Fsp3) is 0.789. The Morgan fingerprint density at radius 3 is 1.27 bits per heavy atom. The lowest BCUT2D eigenvalue weighted by atomic mass is 9.76. The fourth-order valence-corrected chi connectivity index (χ4v) is 4.61. The van der Waals surface area contributed by atoms with Crippen LogP contribution in [0.1, 0.15) is 32.1 Å². The summed E-state index contributed by atoms with van der Waals surface area (Å²) in [5, 5.41) is -26.0. The van der Waals surface area contributed by atoms with Gasteiger partial charge in [-0.2, -0.15) is 70.2 Å². The van der Waals surface area contributed by atoms with Crippen LogP contribution in [0.15, 0.2) is 21.7 Å². The molecule has 0 unspecified atom stereocenters. The summed E-state index contributed by atoms with van der Waals surface area (Å²) in [6.45, 7) is 0. The second-order valence-electron chi connectivity index (χ2n) is 8.70. The Kier molecular flexibility index (Phi) is 9.00. The highest BCUT2D eigenvalue weighted by atomic mass is 35.5. The van der Waals surface area contributed by atoms with Crippen LogP contribution in [0.3, 0.4) is 0 Å². The Morgan fingerprint density at radius 1 is 0.600 bits per heavy atom. The van der Waals surface area contributed by atoms with Gasteiger partial charge in [-0.05, 0) is 65.1 Å². The number of rotatable bonds is 10. The van der Waals surface area contributed by atoms with E-state index in [1.165, 1.54) is 0 Å². The number of aliphatic imine (C=N–C) groups is 1. The van der Waals surface area contributed by atoms with Gasteiger partial charge in [0.1, 0.15) is 5.41 Å². The van der Waals surface area contributed by atoms with E-state index >= 15 is 8.78 Å². The number of nitrogens with zero attached hydrogens (tertiary/aromatic N) is 1. The summed E-state index contributed by atoms with van der Waals surface area (Å²) in [5.74, 6) is -27.3. The van der Waals surface area contributed by atoms with Gasteiger partial charge in [-0.15, -0.1) is 0 Å². The molecule has 0 heterocycles. The van der Waals surface area contributed by atoms with Crippen LogP contribution >= 0.6 is 46.4 Å². The van der Waals surface area contributed by atoms with E-state index in [9.17, 15) is 61.5 Å². The molecule has 1 nitrogen and oxygen atoms in total. The molecule has 0 aromatic heterocycles. The van der Waals surface area contributed by atoms with Crippen molar-refractivity contribution in [2.75, 3.05) is 0 Å². The van der Waals surface area contributed by atoms with Crippen LogP contribution in [0.2, 0.25) is 0 Å². The lowest BCUT2D eigenvalue weighted by Crippen LogP contribution is -2.56. The maximum absolute atomic E-state index is 15.2. The molecule has 0 bridgehead atoms. The van der Waals surface area contributed by atoms with E-state index in [-0.39, 0.29) is 25.7 Å². The average Bonchev–Trinajstić information content (AvgIpc) is 3.44. The van der Waals surface area contributed by atoms with Crippen molar-refractivity contribution >= 4 is 52.3 Å². The van der Waals surface area contributed by atoms with E-state index < -0.39 is 73.4 Å². The summed E-state index contributed by atoms with van der Waals surface area (Å²) in [5.41, 5.74) is -18.3. The quantitative estimate of drug-likeness (QED) is 0.0932. The van der Waals surface area contributed by atoms with Crippen molar-refractivity contribution in [1.29, 1.82) is 0 Å². The number of halogens is 20. The van der Waals surface area contributed by atoms with E-state index in [2.05, 4.69) is 51.4 Å². The van der Waals surface area contributed by atoms with Crippen LogP contribution in [0.25, 0.3) is 0 Å². The first-order valence-corrected chi connectivity index (χ1v) is 11.8. The SMILES string of the molecule is FC(F)(Cl)C(F)(F)C(=C=NC1CCCCC1)C1(C(F)(F)C(F)(F)Cl)C(C(F)(F)C(F)(F)Cl)=C1C(F)(F)C(F)(F)Cl. The minimum Gasteiger partial charge on any atom is -0.240 e. The molecule has 0 aliphatic heterocycles. The van der Waals surface area contributed by atoms with Gasteiger partial charge in [0.15, 0.2) is 0 Å². The van der Waals surface area contributed by atoms with Crippen LogP contribution in [0.4, 0.5) is 70.2 Å². The van der Waals surface area contributed by atoms with E-state index in [1.54, 1.807) is 0 Å². The summed E-state index contributed by atoms with van der Waals surface area (Å²) >= 11 is 16.3. The zero-order valence-corrected chi connectivity index (χ0v) is 21.6. The third-order valence-electron chi connectivity index (χ3n) is 6.08. The van der Waals surface area contributed by atoms with E-state index in [0.29, 0.717) is 12.3 Å². The van der Waals surface area contributed by atoms with Gasteiger partial charge in [0.2, 0.25) is 0 Å². The highest BCUT2D eigenvalue weighted by Gasteiger charge is 2.93. The fourth-order valence-electron chi connectivity index (χ4n) is 4.18. The summed E-state index contributed by atoms with van der Waals surface area (Å²) in [4.78, 5) is 2.98. The van der Waals surface area contributed by atoms with Gasteiger partial charge in [0.05, 0.1) is 11.6 Å². The van der Waals surface area contributed by atoms with Gasteiger partial charge < -0.3 is 0 Å². The van der Waals surface area contributed by atoms with Gasteiger partial charge in [-0.3, -0.25) is 0 Å². The Labute approximate surface area is 233 Å². The van der Waals surface area contributed by atoms with E-state index in [1.807, 2.05) is 0 Å². The first-order valence-electron chi connectivity index (χ1n) is 10.3. The molecule has 0 saturated heterocycles. The Morgan fingerprint density at radius 2 is 0.975 bits per heavy atom. The first kappa shape index (κ1) is 35.4. The van der Waals surface area contributed by atoms with Crippen molar-refractivity contribution in [3.63, 3.8) is 0 Å². The van der Waals surface area contributed by atoms with Gasteiger partial charge in [-0.1, -0.05) is 19.3 Å². The zero-order chi connectivity index (χ0) is 31.8. The maximum Gasteiger partial charge on any atom is 0.388 e. The lowest BCUT2D eigenvalue weighted by molar-refractivity contribution is -0.219. The normalized spacial score (nSPS) is 20.4. The van der Waals surface area contributed by atoms with Crippen molar-refractivity contribution in [3.05, 3.63) is 16.7 Å². The molecule has 40 heavy (non-hydrogen) atoms. The topological polar surface area (TPSA) is 12.4 Å².